The van der Waals surface area contributed by atoms with Crippen LogP contribution in [-0.4, -0.2) is 53.9 Å². The molecular weight excluding hydrogens is 338 g/mol. The largest absolute Gasteiger partial charge is 0.461 e. The molecule has 1 aromatic carbocycles. The van der Waals surface area contributed by atoms with Crippen molar-refractivity contribution < 1.29 is 19.1 Å². The van der Waals surface area contributed by atoms with Crippen molar-refractivity contribution in [1.82, 2.24) is 0 Å². The lowest BCUT2D eigenvalue weighted by molar-refractivity contribution is -0.949. The molecule has 27 heavy (non-hydrogen) atoms. The van der Waals surface area contributed by atoms with Crippen molar-refractivity contribution in [3.05, 3.63) is 35.9 Å². The second-order valence-corrected chi connectivity index (χ2v) is 8.67. The number of aliphatic hydroxyl groups is 1. The maximum atomic E-state index is 12.9. The highest BCUT2D eigenvalue weighted by Gasteiger charge is 2.52. The first-order chi connectivity index (χ1) is 13.1. The molecule has 0 amide bonds. The number of fused-ring (bicyclic) bond motifs is 2. The van der Waals surface area contributed by atoms with Crippen LogP contribution in [0.25, 0.3) is 0 Å². The van der Waals surface area contributed by atoms with Crippen LogP contribution < -0.4 is 0 Å². The molecule has 2 saturated heterocycles. The summed E-state index contributed by atoms with van der Waals surface area (Å²) in [6.45, 7) is 3.52. The number of nitrogens with zero attached hydrogens (tertiary/aromatic N) is 1. The number of benzene rings is 1. The van der Waals surface area contributed by atoms with Crippen LogP contribution in [-0.2, 0) is 9.53 Å². The maximum Gasteiger partial charge on any atom is 0.313 e. The Kier molecular flexibility index (Phi) is 6.93. The molecule has 0 saturated carbocycles. The average molecular weight is 375 g/mol. The van der Waals surface area contributed by atoms with Crippen LogP contribution in [0.1, 0.15) is 69.8 Å². The molecule has 4 nitrogen and oxygen atoms in total. The monoisotopic (exact) mass is 374 g/mol. The lowest BCUT2D eigenvalue weighted by Gasteiger charge is -2.47. The number of rotatable bonds is 9. The summed E-state index contributed by atoms with van der Waals surface area (Å²) in [6, 6.07) is 11.0. The Morgan fingerprint density at radius 1 is 1.19 bits per heavy atom. The fourth-order valence-corrected chi connectivity index (χ4v) is 5.34. The van der Waals surface area contributed by atoms with Crippen LogP contribution in [0.3, 0.4) is 0 Å². The van der Waals surface area contributed by atoms with E-state index in [2.05, 4.69) is 14.0 Å². The van der Waals surface area contributed by atoms with Gasteiger partial charge in [0, 0.05) is 32.3 Å². The van der Waals surface area contributed by atoms with Crippen LogP contribution in [0.4, 0.5) is 0 Å². The molecule has 3 atom stereocenters. The van der Waals surface area contributed by atoms with Crippen molar-refractivity contribution in [2.75, 3.05) is 20.2 Å². The Hall–Kier alpha value is -1.39. The summed E-state index contributed by atoms with van der Waals surface area (Å²) in [5, 5.41) is 9.41. The molecule has 0 spiro atoms. The Balaban J connectivity index is 1.61. The number of piperidine rings is 1. The van der Waals surface area contributed by atoms with E-state index < -0.39 is 0 Å². The van der Waals surface area contributed by atoms with Gasteiger partial charge in [-0.2, -0.15) is 0 Å². The minimum Gasteiger partial charge on any atom is -0.461 e. The van der Waals surface area contributed by atoms with Gasteiger partial charge in [0.25, 0.3) is 0 Å². The summed E-state index contributed by atoms with van der Waals surface area (Å²) in [6.07, 6.45) is 8.85. The molecule has 0 radical (unpaired) electrons. The Morgan fingerprint density at radius 2 is 1.85 bits per heavy atom. The molecule has 3 unspecified atom stereocenters. The van der Waals surface area contributed by atoms with E-state index in [4.69, 9.17) is 4.74 Å². The van der Waals surface area contributed by atoms with Crippen LogP contribution in [0.2, 0.25) is 0 Å². The highest BCUT2D eigenvalue weighted by Crippen LogP contribution is 2.42. The van der Waals surface area contributed by atoms with Gasteiger partial charge in [-0.15, -0.1) is 0 Å². The minimum absolute atomic E-state index is 0.00301. The number of quaternary nitrogens is 1. The molecular formula is C23H36NO3+. The number of esters is 1. The van der Waals surface area contributed by atoms with Gasteiger partial charge < -0.3 is 14.3 Å². The first-order valence-electron chi connectivity index (χ1n) is 10.8. The molecule has 1 aromatic rings. The molecule has 3 rings (SSSR count). The molecule has 2 fully saturated rings. The van der Waals surface area contributed by atoms with E-state index in [0.29, 0.717) is 18.5 Å². The molecule has 0 aliphatic carbocycles. The summed E-state index contributed by atoms with van der Waals surface area (Å²) < 4.78 is 7.19. The van der Waals surface area contributed by atoms with Crippen molar-refractivity contribution >= 4 is 5.97 Å². The highest BCUT2D eigenvalue weighted by molar-refractivity contribution is 5.78. The van der Waals surface area contributed by atoms with Crippen molar-refractivity contribution in [3.8, 4) is 0 Å². The Bertz CT molecular complexity index is 589. The fourth-order valence-electron chi connectivity index (χ4n) is 5.34. The van der Waals surface area contributed by atoms with E-state index >= 15 is 0 Å². The van der Waals surface area contributed by atoms with Gasteiger partial charge in [0.05, 0.1) is 31.6 Å². The molecule has 2 bridgehead atoms. The second-order valence-electron chi connectivity index (χ2n) is 8.67. The van der Waals surface area contributed by atoms with Gasteiger partial charge in [0.1, 0.15) is 6.10 Å². The summed E-state index contributed by atoms with van der Waals surface area (Å²) in [5.74, 6) is -0.525. The number of hydrogen-bond donors (Lipinski definition) is 1. The molecule has 2 aliphatic rings. The number of hydrogen-bond acceptors (Lipinski definition) is 3. The van der Waals surface area contributed by atoms with Crippen LogP contribution >= 0.6 is 0 Å². The number of unbranched alkanes of at least 4 members (excludes halogenated alkanes) is 2. The van der Waals surface area contributed by atoms with E-state index in [-0.39, 0.29) is 24.6 Å². The van der Waals surface area contributed by atoms with Crippen molar-refractivity contribution in [2.24, 2.45) is 0 Å². The third-order valence-electron chi connectivity index (χ3n) is 7.00. The fraction of sp³-hybridized carbons (Fsp3) is 0.696. The summed E-state index contributed by atoms with van der Waals surface area (Å²) in [5.41, 5.74) is 0.940. The summed E-state index contributed by atoms with van der Waals surface area (Å²) in [4.78, 5) is 12.9. The van der Waals surface area contributed by atoms with Gasteiger partial charge in [-0.05, 0) is 24.8 Å². The van der Waals surface area contributed by atoms with Gasteiger partial charge in [-0.25, -0.2) is 0 Å². The molecule has 1 N–H and O–H groups in total. The smallest absolute Gasteiger partial charge is 0.313 e. The van der Waals surface area contributed by atoms with Crippen molar-refractivity contribution in [3.63, 3.8) is 0 Å². The number of ether oxygens (including phenoxy) is 1. The van der Waals surface area contributed by atoms with E-state index in [9.17, 15) is 9.90 Å². The summed E-state index contributed by atoms with van der Waals surface area (Å²) in [7, 11) is 2.43. The highest BCUT2D eigenvalue weighted by atomic mass is 16.5. The molecule has 150 valence electrons. The lowest BCUT2D eigenvalue weighted by atomic mass is 9.94. The topological polar surface area (TPSA) is 46.5 Å². The first-order valence-corrected chi connectivity index (χ1v) is 10.8. The molecule has 0 aromatic heterocycles. The van der Waals surface area contributed by atoms with Gasteiger partial charge in [-0.1, -0.05) is 43.7 Å². The van der Waals surface area contributed by atoms with E-state index in [1.807, 2.05) is 30.3 Å². The lowest BCUT2D eigenvalue weighted by Crippen LogP contribution is -2.59. The minimum atomic E-state index is -0.360. The van der Waals surface area contributed by atoms with Gasteiger partial charge in [-0.3, -0.25) is 4.79 Å². The zero-order valence-corrected chi connectivity index (χ0v) is 17.0. The number of aliphatic hydroxyl groups excluding tert-OH is 1. The van der Waals surface area contributed by atoms with Crippen LogP contribution in [0.15, 0.2) is 30.3 Å². The zero-order chi connectivity index (χ0) is 19.3. The van der Waals surface area contributed by atoms with Gasteiger partial charge in [0.15, 0.2) is 0 Å². The molecule has 2 heterocycles. The van der Waals surface area contributed by atoms with E-state index in [0.717, 1.165) is 18.4 Å². The molecule has 4 heteroatoms. The van der Waals surface area contributed by atoms with E-state index in [1.54, 1.807) is 0 Å². The van der Waals surface area contributed by atoms with Crippen LogP contribution in [0.5, 0.6) is 0 Å². The zero-order valence-electron chi connectivity index (χ0n) is 17.0. The predicted octanol–water partition coefficient (Wildman–Crippen LogP) is 4.03. The Labute approximate surface area is 164 Å². The summed E-state index contributed by atoms with van der Waals surface area (Å²) >= 11 is 0. The van der Waals surface area contributed by atoms with Gasteiger partial charge in [0.2, 0.25) is 0 Å². The normalized spacial score (nSPS) is 30.9. The van der Waals surface area contributed by atoms with Crippen molar-refractivity contribution in [2.45, 2.75) is 82.4 Å². The average Bonchev–Trinajstić information content (AvgIpc) is 2.84. The van der Waals surface area contributed by atoms with Gasteiger partial charge >= 0.3 is 5.97 Å². The number of carbonyl (C=O) groups is 1. The standard InChI is InChI=1S/C23H36NO3/c1-3-4-8-14-24(2)19-11-12-20(24)17-21(16-19)27-23(26)22(13-15-25)18-9-6-5-7-10-18/h5-7,9-10,19-22,25H,3-4,8,11-17H2,1-2H3/q+1. The third kappa shape index (κ3) is 4.55. The molecule has 2 aliphatic heterocycles. The second kappa shape index (κ2) is 9.20. The van der Waals surface area contributed by atoms with Crippen molar-refractivity contribution in [1.29, 1.82) is 0 Å². The predicted molar refractivity (Wildman–Crippen MR) is 107 cm³/mol. The third-order valence-corrected chi connectivity index (χ3v) is 7.00. The SMILES string of the molecule is CCCCC[N+]1(C)C2CCC1CC(OC(=O)C(CCO)c1ccccc1)C2. The van der Waals surface area contributed by atoms with Crippen LogP contribution in [0, 0.1) is 0 Å². The quantitative estimate of drug-likeness (QED) is 0.403. The van der Waals surface area contributed by atoms with E-state index in [1.165, 1.54) is 43.1 Å². The Morgan fingerprint density at radius 3 is 2.44 bits per heavy atom. The first kappa shape index (κ1) is 20.3. The number of carbonyl (C=O) groups excluding carboxylic acids is 1. The maximum absolute atomic E-state index is 12.9.